The molecule has 0 saturated carbocycles. The van der Waals surface area contributed by atoms with E-state index in [2.05, 4.69) is 4.74 Å². The van der Waals surface area contributed by atoms with E-state index in [1.807, 2.05) is 6.92 Å². The Morgan fingerprint density at radius 1 is 1.14 bits per heavy atom. The van der Waals surface area contributed by atoms with Crippen molar-refractivity contribution in [2.75, 3.05) is 0 Å². The van der Waals surface area contributed by atoms with Crippen LogP contribution in [0.4, 0.5) is 0 Å². The molecule has 0 aliphatic rings. The average molecular weight is 232 g/mol. The molecule has 0 saturated heterocycles. The van der Waals surface area contributed by atoms with E-state index >= 15 is 0 Å². The fraction of sp³-hybridized carbons (Fsp3) is 0.600. The van der Waals surface area contributed by atoms with Gasteiger partial charge in [0, 0.05) is 33.7 Å². The zero-order valence-electron chi connectivity index (χ0n) is 9.14. The number of esters is 2. The van der Waals surface area contributed by atoms with Crippen LogP contribution in [0.5, 0.6) is 0 Å². The number of rotatable bonds is 3. The van der Waals surface area contributed by atoms with Crippen molar-refractivity contribution in [1.29, 1.82) is 0 Å². The topological polar surface area (TPSA) is 43.4 Å². The van der Waals surface area contributed by atoms with Gasteiger partial charge in [-0.1, -0.05) is 12.5 Å². The number of ether oxygens (including phenoxy) is 1. The van der Waals surface area contributed by atoms with E-state index in [0.29, 0.717) is 18.4 Å². The van der Waals surface area contributed by atoms with Gasteiger partial charge in [-0.05, 0) is 27.2 Å². The van der Waals surface area contributed by atoms with E-state index in [-0.39, 0.29) is 21.7 Å². The maximum absolute atomic E-state index is 11.2. The summed E-state index contributed by atoms with van der Waals surface area (Å²) in [5.41, 5.74) is 1.37. The molecule has 0 aromatic heterocycles. The summed E-state index contributed by atoms with van der Waals surface area (Å²) < 4.78 is 4.58. The van der Waals surface area contributed by atoms with Gasteiger partial charge in [-0.2, -0.15) is 0 Å². The van der Waals surface area contributed by atoms with Crippen LogP contribution in [0.2, 0.25) is 0 Å². The van der Waals surface area contributed by atoms with E-state index < -0.39 is 11.9 Å². The molecule has 3 nitrogen and oxygen atoms in total. The second kappa shape index (κ2) is 7.95. The predicted octanol–water partition coefficient (Wildman–Crippen LogP) is 2.21. The first-order valence-corrected chi connectivity index (χ1v) is 4.38. The van der Waals surface area contributed by atoms with Gasteiger partial charge in [-0.15, -0.1) is 0 Å². The zero-order chi connectivity index (χ0) is 10.4. The fourth-order valence-corrected chi connectivity index (χ4v) is 0.639. The smallest absolute Gasteiger partial charge is 0.341 e. The molecule has 0 fully saturated rings. The summed E-state index contributed by atoms with van der Waals surface area (Å²) in [5, 5.41) is 0. The van der Waals surface area contributed by atoms with E-state index in [4.69, 9.17) is 0 Å². The van der Waals surface area contributed by atoms with Gasteiger partial charge in [0.1, 0.15) is 0 Å². The standard InChI is InChI=1S/C10H16O3.Ti/c1-5-6-9(11)13-10(12)8(4)7(2)3;/h5-6H2,1-4H3;. The van der Waals surface area contributed by atoms with Gasteiger partial charge in [0.2, 0.25) is 0 Å². The van der Waals surface area contributed by atoms with Crippen molar-refractivity contribution in [3.8, 4) is 0 Å². The van der Waals surface area contributed by atoms with Crippen LogP contribution in [0.1, 0.15) is 40.5 Å². The second-order valence-electron chi connectivity index (χ2n) is 3.14. The number of hydrogen-bond acceptors (Lipinski definition) is 3. The molecule has 0 spiro atoms. The van der Waals surface area contributed by atoms with Crippen molar-refractivity contribution in [3.05, 3.63) is 11.1 Å². The van der Waals surface area contributed by atoms with Gasteiger partial charge in [0.05, 0.1) is 0 Å². The fourth-order valence-electron chi connectivity index (χ4n) is 0.639. The van der Waals surface area contributed by atoms with E-state index in [1.165, 1.54) is 0 Å². The van der Waals surface area contributed by atoms with Gasteiger partial charge in [-0.25, -0.2) is 4.79 Å². The first-order chi connectivity index (χ1) is 5.99. The Kier molecular flexibility index (Phi) is 9.11. The summed E-state index contributed by atoms with van der Waals surface area (Å²) in [6.07, 6.45) is 0.988. The molecular formula is C10H16O3Ti. The molecular weight excluding hydrogens is 216 g/mol. The van der Waals surface area contributed by atoms with Crippen LogP contribution in [0.15, 0.2) is 11.1 Å². The third kappa shape index (κ3) is 6.11. The Hall–Kier alpha value is -0.406. The Labute approximate surface area is 99.8 Å². The molecule has 0 heterocycles. The first-order valence-electron chi connectivity index (χ1n) is 4.38. The quantitative estimate of drug-likeness (QED) is 0.324. The van der Waals surface area contributed by atoms with Crippen LogP contribution < -0.4 is 0 Å². The van der Waals surface area contributed by atoms with Crippen molar-refractivity contribution < 1.29 is 36.0 Å². The molecule has 14 heavy (non-hydrogen) atoms. The molecule has 0 aliphatic heterocycles. The van der Waals surface area contributed by atoms with Crippen molar-refractivity contribution in [2.45, 2.75) is 40.5 Å². The monoisotopic (exact) mass is 232 g/mol. The molecule has 0 aromatic carbocycles. The number of hydrogen-bond donors (Lipinski definition) is 0. The largest absolute Gasteiger partial charge is 0.390 e. The molecule has 0 aliphatic carbocycles. The van der Waals surface area contributed by atoms with Crippen LogP contribution in [0, 0.1) is 0 Å². The van der Waals surface area contributed by atoms with Crippen molar-refractivity contribution >= 4 is 11.9 Å². The Morgan fingerprint density at radius 3 is 2.00 bits per heavy atom. The molecule has 0 unspecified atom stereocenters. The number of carbonyl (C=O) groups is 2. The van der Waals surface area contributed by atoms with Crippen molar-refractivity contribution in [3.63, 3.8) is 0 Å². The summed E-state index contributed by atoms with van der Waals surface area (Å²) in [6.45, 7) is 7.12. The first kappa shape index (κ1) is 16.0. The summed E-state index contributed by atoms with van der Waals surface area (Å²) in [5.74, 6) is -0.980. The van der Waals surface area contributed by atoms with Gasteiger partial charge < -0.3 is 4.74 Å². The minimum Gasteiger partial charge on any atom is -0.390 e. The van der Waals surface area contributed by atoms with E-state index in [9.17, 15) is 9.59 Å². The molecule has 0 N–H and O–H groups in total. The minimum atomic E-state index is -0.529. The van der Waals surface area contributed by atoms with E-state index in [1.54, 1.807) is 20.8 Å². The van der Waals surface area contributed by atoms with Crippen LogP contribution in [-0.4, -0.2) is 11.9 Å². The third-order valence-electron chi connectivity index (χ3n) is 1.72. The van der Waals surface area contributed by atoms with Crippen LogP contribution in [0.3, 0.4) is 0 Å². The Morgan fingerprint density at radius 2 is 1.64 bits per heavy atom. The Bertz CT molecular complexity index is 240. The van der Waals surface area contributed by atoms with Gasteiger partial charge in [0.25, 0.3) is 0 Å². The molecule has 78 valence electrons. The summed E-state index contributed by atoms with van der Waals surface area (Å²) in [6, 6.07) is 0. The predicted molar refractivity (Wildman–Crippen MR) is 50.1 cm³/mol. The molecule has 4 heteroatoms. The van der Waals surface area contributed by atoms with Gasteiger partial charge in [-0.3, -0.25) is 4.79 Å². The third-order valence-corrected chi connectivity index (χ3v) is 1.72. The second-order valence-corrected chi connectivity index (χ2v) is 3.14. The number of carbonyl (C=O) groups excluding carboxylic acids is 2. The number of allylic oxidation sites excluding steroid dienone is 1. The summed E-state index contributed by atoms with van der Waals surface area (Å²) in [4.78, 5) is 22.1. The Balaban J connectivity index is 0. The molecule has 0 amide bonds. The molecule has 0 rings (SSSR count). The minimum absolute atomic E-state index is 0. The molecule has 0 radical (unpaired) electrons. The van der Waals surface area contributed by atoms with Crippen LogP contribution in [0.25, 0.3) is 0 Å². The molecule has 0 bridgehead atoms. The molecule has 0 atom stereocenters. The van der Waals surface area contributed by atoms with Gasteiger partial charge >= 0.3 is 11.9 Å². The SMILES string of the molecule is CCCC(=O)OC(=O)C(C)=C(C)C.[Ti]. The summed E-state index contributed by atoms with van der Waals surface area (Å²) >= 11 is 0. The maximum atomic E-state index is 11.2. The van der Waals surface area contributed by atoms with Crippen molar-refractivity contribution in [1.82, 2.24) is 0 Å². The van der Waals surface area contributed by atoms with Gasteiger partial charge in [0.15, 0.2) is 0 Å². The van der Waals surface area contributed by atoms with Crippen LogP contribution >= 0.6 is 0 Å². The average Bonchev–Trinajstić information content (AvgIpc) is 2.03. The van der Waals surface area contributed by atoms with E-state index in [0.717, 1.165) is 5.57 Å². The maximum Gasteiger partial charge on any atom is 0.341 e. The molecule has 0 aromatic rings. The van der Waals surface area contributed by atoms with Crippen molar-refractivity contribution in [2.24, 2.45) is 0 Å². The van der Waals surface area contributed by atoms with Crippen LogP contribution in [-0.2, 0) is 36.0 Å². The normalized spacial score (nSPS) is 8.57. The zero-order valence-corrected chi connectivity index (χ0v) is 10.7. The summed E-state index contributed by atoms with van der Waals surface area (Å²) in [7, 11) is 0.